The number of nitrogens with two attached hydrogens (primary N) is 1. The van der Waals surface area contributed by atoms with Crippen molar-refractivity contribution in [3.63, 3.8) is 0 Å². The van der Waals surface area contributed by atoms with Crippen LogP contribution in [0.2, 0.25) is 0 Å². The van der Waals surface area contributed by atoms with E-state index in [0.717, 1.165) is 12.8 Å². The van der Waals surface area contributed by atoms with E-state index in [0.29, 0.717) is 19.5 Å². The summed E-state index contributed by atoms with van der Waals surface area (Å²) in [4.78, 5) is 21.7. The van der Waals surface area contributed by atoms with Crippen molar-refractivity contribution in [2.24, 2.45) is 17.6 Å². The van der Waals surface area contributed by atoms with Gasteiger partial charge in [-0.3, -0.25) is 9.59 Å². The number of unbranched alkanes of at least 4 members (excludes halogenated alkanes) is 1. The molecule has 0 aromatic heterocycles. The predicted molar refractivity (Wildman–Crippen MR) is 50.5 cm³/mol. The van der Waals surface area contributed by atoms with Crippen molar-refractivity contribution < 1.29 is 14.7 Å². The van der Waals surface area contributed by atoms with Gasteiger partial charge in [0.2, 0.25) is 5.91 Å². The zero-order valence-corrected chi connectivity index (χ0v) is 8.03. The van der Waals surface area contributed by atoms with Crippen LogP contribution in [0.5, 0.6) is 0 Å². The van der Waals surface area contributed by atoms with Crippen LogP contribution in [0.25, 0.3) is 0 Å². The van der Waals surface area contributed by atoms with Gasteiger partial charge in [-0.05, 0) is 25.8 Å². The lowest BCUT2D eigenvalue weighted by Gasteiger charge is -2.02. The summed E-state index contributed by atoms with van der Waals surface area (Å²) in [5.74, 6) is -1.75. The number of amides is 1. The molecular formula is C9H16N2O3. The fraction of sp³-hybridized carbons (Fsp3) is 0.778. The minimum Gasteiger partial charge on any atom is -0.481 e. The lowest BCUT2D eigenvalue weighted by atomic mass is 10.2. The molecule has 0 aromatic rings. The van der Waals surface area contributed by atoms with Gasteiger partial charge < -0.3 is 16.2 Å². The Hall–Kier alpha value is -1.10. The first kappa shape index (κ1) is 11.0. The van der Waals surface area contributed by atoms with Gasteiger partial charge in [0.25, 0.3) is 0 Å². The van der Waals surface area contributed by atoms with Crippen LogP contribution in [-0.2, 0) is 9.59 Å². The number of carbonyl (C=O) groups excluding carboxylic acids is 1. The van der Waals surface area contributed by atoms with Crippen molar-refractivity contribution in [2.45, 2.75) is 19.3 Å². The van der Waals surface area contributed by atoms with Gasteiger partial charge in [0.05, 0.1) is 11.8 Å². The molecule has 5 heteroatoms. The molecule has 1 aliphatic carbocycles. The second kappa shape index (κ2) is 4.95. The smallest absolute Gasteiger partial charge is 0.307 e. The molecule has 2 unspecified atom stereocenters. The Morgan fingerprint density at radius 1 is 1.36 bits per heavy atom. The number of carbonyl (C=O) groups is 2. The molecule has 80 valence electrons. The van der Waals surface area contributed by atoms with E-state index in [1.165, 1.54) is 0 Å². The minimum atomic E-state index is -0.868. The third-order valence-corrected chi connectivity index (χ3v) is 2.37. The molecule has 4 N–H and O–H groups in total. The zero-order valence-electron chi connectivity index (χ0n) is 8.03. The second-order valence-electron chi connectivity index (χ2n) is 3.57. The van der Waals surface area contributed by atoms with Crippen LogP contribution in [0.4, 0.5) is 0 Å². The molecular weight excluding hydrogens is 184 g/mol. The molecule has 0 heterocycles. The van der Waals surface area contributed by atoms with Gasteiger partial charge in [0, 0.05) is 6.54 Å². The Bertz CT molecular complexity index is 230. The summed E-state index contributed by atoms with van der Waals surface area (Å²) in [5, 5.41) is 11.3. The highest BCUT2D eigenvalue weighted by Crippen LogP contribution is 2.38. The Morgan fingerprint density at radius 2 is 2.07 bits per heavy atom. The summed E-state index contributed by atoms with van der Waals surface area (Å²) in [7, 11) is 0. The van der Waals surface area contributed by atoms with E-state index >= 15 is 0 Å². The van der Waals surface area contributed by atoms with E-state index in [1.54, 1.807) is 0 Å². The number of hydrogen-bond donors (Lipinski definition) is 3. The van der Waals surface area contributed by atoms with Crippen LogP contribution >= 0.6 is 0 Å². The molecule has 0 bridgehead atoms. The number of carboxylic acid groups (broad SMARTS) is 1. The number of hydrogen-bond acceptors (Lipinski definition) is 3. The van der Waals surface area contributed by atoms with Gasteiger partial charge in [-0.15, -0.1) is 0 Å². The van der Waals surface area contributed by atoms with E-state index < -0.39 is 11.9 Å². The van der Waals surface area contributed by atoms with E-state index in [1.807, 2.05) is 0 Å². The van der Waals surface area contributed by atoms with Crippen LogP contribution in [0, 0.1) is 11.8 Å². The van der Waals surface area contributed by atoms with E-state index in [-0.39, 0.29) is 11.8 Å². The van der Waals surface area contributed by atoms with Gasteiger partial charge in [0.15, 0.2) is 0 Å². The molecule has 0 radical (unpaired) electrons. The number of rotatable bonds is 6. The van der Waals surface area contributed by atoms with Crippen molar-refractivity contribution in [3.05, 3.63) is 0 Å². The first-order chi connectivity index (χ1) is 6.66. The Morgan fingerprint density at radius 3 is 2.57 bits per heavy atom. The Labute approximate surface area is 82.7 Å². The van der Waals surface area contributed by atoms with Crippen LogP contribution < -0.4 is 11.1 Å². The highest BCUT2D eigenvalue weighted by Gasteiger charge is 2.48. The number of carboxylic acids is 1. The van der Waals surface area contributed by atoms with Crippen LogP contribution in [0.3, 0.4) is 0 Å². The summed E-state index contributed by atoms with van der Waals surface area (Å²) in [6.07, 6.45) is 2.22. The SMILES string of the molecule is NCCCCNC(=O)C1CC1C(=O)O. The molecule has 14 heavy (non-hydrogen) atoms. The maximum atomic E-state index is 11.3. The normalized spacial score (nSPS) is 24.4. The van der Waals surface area contributed by atoms with Gasteiger partial charge in [-0.25, -0.2) is 0 Å². The Balaban J connectivity index is 2.09. The maximum absolute atomic E-state index is 11.3. The van der Waals surface area contributed by atoms with E-state index in [2.05, 4.69) is 5.32 Å². The molecule has 2 atom stereocenters. The molecule has 0 saturated heterocycles. The largest absolute Gasteiger partial charge is 0.481 e. The van der Waals surface area contributed by atoms with Gasteiger partial charge >= 0.3 is 5.97 Å². The zero-order chi connectivity index (χ0) is 10.6. The summed E-state index contributed by atoms with van der Waals surface area (Å²) >= 11 is 0. The third-order valence-electron chi connectivity index (χ3n) is 2.37. The van der Waals surface area contributed by atoms with Gasteiger partial charge in [0.1, 0.15) is 0 Å². The van der Waals surface area contributed by atoms with Crippen molar-refractivity contribution in [1.82, 2.24) is 5.32 Å². The van der Waals surface area contributed by atoms with Crippen LogP contribution in [0.15, 0.2) is 0 Å². The molecule has 1 aliphatic rings. The first-order valence-corrected chi connectivity index (χ1v) is 4.87. The summed E-state index contributed by atoms with van der Waals surface area (Å²) in [6, 6.07) is 0. The summed E-state index contributed by atoms with van der Waals surface area (Å²) in [6.45, 7) is 1.22. The molecule has 1 rings (SSSR count). The Kier molecular flexibility index (Phi) is 3.88. The van der Waals surface area contributed by atoms with Crippen molar-refractivity contribution in [3.8, 4) is 0 Å². The summed E-state index contributed by atoms with van der Waals surface area (Å²) < 4.78 is 0. The molecule has 1 saturated carbocycles. The van der Waals surface area contributed by atoms with Crippen LogP contribution in [-0.4, -0.2) is 30.1 Å². The van der Waals surface area contributed by atoms with Crippen molar-refractivity contribution >= 4 is 11.9 Å². The van der Waals surface area contributed by atoms with Crippen molar-refractivity contribution in [1.29, 1.82) is 0 Å². The van der Waals surface area contributed by atoms with Crippen molar-refractivity contribution in [2.75, 3.05) is 13.1 Å². The van der Waals surface area contributed by atoms with Gasteiger partial charge in [-0.2, -0.15) is 0 Å². The molecule has 0 spiro atoms. The van der Waals surface area contributed by atoms with Gasteiger partial charge in [-0.1, -0.05) is 0 Å². The lowest BCUT2D eigenvalue weighted by molar-refractivity contribution is -0.140. The quantitative estimate of drug-likeness (QED) is 0.507. The van der Waals surface area contributed by atoms with E-state index in [4.69, 9.17) is 10.8 Å². The molecule has 1 fully saturated rings. The topological polar surface area (TPSA) is 92.4 Å². The first-order valence-electron chi connectivity index (χ1n) is 4.87. The average Bonchev–Trinajstić information content (AvgIpc) is 2.91. The number of aliphatic carboxylic acids is 1. The third kappa shape index (κ3) is 2.99. The van der Waals surface area contributed by atoms with E-state index in [9.17, 15) is 9.59 Å². The molecule has 0 aliphatic heterocycles. The average molecular weight is 200 g/mol. The predicted octanol–water partition coefficient (Wildman–Crippen LogP) is -0.438. The number of nitrogens with one attached hydrogen (secondary N) is 1. The van der Waals surface area contributed by atoms with Crippen LogP contribution in [0.1, 0.15) is 19.3 Å². The molecule has 5 nitrogen and oxygen atoms in total. The second-order valence-corrected chi connectivity index (χ2v) is 3.57. The fourth-order valence-corrected chi connectivity index (χ4v) is 1.37. The molecule has 1 amide bonds. The fourth-order valence-electron chi connectivity index (χ4n) is 1.37. The monoisotopic (exact) mass is 200 g/mol. The highest BCUT2D eigenvalue weighted by atomic mass is 16.4. The standard InChI is InChI=1S/C9H16N2O3/c10-3-1-2-4-11-8(12)6-5-7(6)9(13)14/h6-7H,1-5,10H2,(H,11,12)(H,13,14). The maximum Gasteiger partial charge on any atom is 0.307 e. The highest BCUT2D eigenvalue weighted by molar-refractivity contribution is 5.89. The molecule has 0 aromatic carbocycles. The minimum absolute atomic E-state index is 0.130. The lowest BCUT2D eigenvalue weighted by Crippen LogP contribution is -2.27. The summed E-state index contributed by atoms with van der Waals surface area (Å²) in [5.41, 5.74) is 5.29.